The first-order valence-corrected chi connectivity index (χ1v) is 6.31. The Labute approximate surface area is 102 Å². The summed E-state index contributed by atoms with van der Waals surface area (Å²) >= 11 is 0. The van der Waals surface area contributed by atoms with E-state index in [-0.39, 0.29) is 11.9 Å². The van der Waals surface area contributed by atoms with Crippen LogP contribution in [0, 0.1) is 5.92 Å². The van der Waals surface area contributed by atoms with E-state index in [0.29, 0.717) is 12.5 Å². The van der Waals surface area contributed by atoms with Gasteiger partial charge in [-0.25, -0.2) is 0 Å². The summed E-state index contributed by atoms with van der Waals surface area (Å²) in [5.41, 5.74) is 0. The molecule has 2 heterocycles. The lowest BCUT2D eigenvalue weighted by atomic mass is 9.92. The van der Waals surface area contributed by atoms with Gasteiger partial charge in [0.05, 0.1) is 12.3 Å². The number of hydrogen-bond donors (Lipinski definition) is 2. The summed E-state index contributed by atoms with van der Waals surface area (Å²) < 4.78 is 5.21. The maximum absolute atomic E-state index is 11.9. The van der Waals surface area contributed by atoms with Crippen molar-refractivity contribution in [3.05, 3.63) is 24.2 Å². The zero-order valence-electron chi connectivity index (χ0n) is 10.2. The Morgan fingerprint density at radius 1 is 1.65 bits per heavy atom. The fourth-order valence-corrected chi connectivity index (χ4v) is 2.27. The van der Waals surface area contributed by atoms with E-state index in [1.807, 2.05) is 12.1 Å². The van der Waals surface area contributed by atoms with E-state index < -0.39 is 0 Å². The molecule has 1 fully saturated rings. The predicted octanol–water partition coefficient (Wildman–Crippen LogP) is 1.33. The Balaban J connectivity index is 1.73. The van der Waals surface area contributed by atoms with E-state index in [1.54, 1.807) is 6.26 Å². The number of hydrogen-bond acceptors (Lipinski definition) is 3. The van der Waals surface area contributed by atoms with Gasteiger partial charge in [0.25, 0.3) is 0 Å². The monoisotopic (exact) mass is 236 g/mol. The highest BCUT2D eigenvalue weighted by Gasteiger charge is 2.26. The van der Waals surface area contributed by atoms with Gasteiger partial charge in [-0.2, -0.15) is 0 Å². The minimum absolute atomic E-state index is 0.0275. The van der Waals surface area contributed by atoms with Gasteiger partial charge in [-0.05, 0) is 37.4 Å². The van der Waals surface area contributed by atoms with Crippen molar-refractivity contribution in [2.24, 2.45) is 5.92 Å². The van der Waals surface area contributed by atoms with Crippen LogP contribution in [-0.4, -0.2) is 25.0 Å². The van der Waals surface area contributed by atoms with Crippen LogP contribution >= 0.6 is 0 Å². The third kappa shape index (κ3) is 3.33. The van der Waals surface area contributed by atoms with Crippen LogP contribution in [0.3, 0.4) is 0 Å². The molecule has 1 aliphatic heterocycles. The number of rotatable bonds is 4. The molecule has 0 saturated carbocycles. The molecule has 1 amide bonds. The molecule has 2 rings (SSSR count). The van der Waals surface area contributed by atoms with Crippen molar-refractivity contribution < 1.29 is 9.21 Å². The molecule has 94 valence electrons. The summed E-state index contributed by atoms with van der Waals surface area (Å²) in [5, 5.41) is 6.24. The van der Waals surface area contributed by atoms with E-state index in [4.69, 9.17) is 4.42 Å². The molecule has 1 aliphatic rings. The number of amides is 1. The number of furan rings is 1. The molecule has 1 aromatic heterocycles. The van der Waals surface area contributed by atoms with Crippen LogP contribution in [-0.2, 0) is 11.2 Å². The number of carbonyl (C=O) groups excluding carboxylic acids is 1. The van der Waals surface area contributed by atoms with Crippen molar-refractivity contribution in [3.8, 4) is 0 Å². The average molecular weight is 236 g/mol. The predicted molar refractivity (Wildman–Crippen MR) is 65.6 cm³/mol. The van der Waals surface area contributed by atoms with Crippen LogP contribution in [0.15, 0.2) is 22.8 Å². The van der Waals surface area contributed by atoms with Crippen molar-refractivity contribution in [2.75, 3.05) is 13.1 Å². The number of carbonyl (C=O) groups is 1. The summed E-state index contributed by atoms with van der Waals surface area (Å²) in [6.45, 7) is 3.71. The normalized spacial score (nSPS) is 24.5. The first-order valence-electron chi connectivity index (χ1n) is 6.31. The second kappa shape index (κ2) is 5.87. The molecule has 0 bridgehead atoms. The molecule has 0 aromatic carbocycles. The van der Waals surface area contributed by atoms with Gasteiger partial charge < -0.3 is 15.1 Å². The van der Waals surface area contributed by atoms with E-state index in [1.165, 1.54) is 0 Å². The van der Waals surface area contributed by atoms with E-state index in [9.17, 15) is 4.79 Å². The van der Waals surface area contributed by atoms with Gasteiger partial charge in [0.1, 0.15) is 5.76 Å². The SMILES string of the molecule is CC1CCCNC1C(=O)NCCc1ccco1. The van der Waals surface area contributed by atoms with Crippen molar-refractivity contribution in [3.63, 3.8) is 0 Å². The van der Waals surface area contributed by atoms with E-state index in [0.717, 1.165) is 31.6 Å². The van der Waals surface area contributed by atoms with Crippen molar-refractivity contribution in [1.29, 1.82) is 0 Å². The Morgan fingerprint density at radius 3 is 3.24 bits per heavy atom. The molecule has 1 aromatic rings. The van der Waals surface area contributed by atoms with Gasteiger partial charge >= 0.3 is 0 Å². The fraction of sp³-hybridized carbons (Fsp3) is 0.615. The van der Waals surface area contributed by atoms with E-state index in [2.05, 4.69) is 17.6 Å². The Hall–Kier alpha value is -1.29. The van der Waals surface area contributed by atoms with Gasteiger partial charge in [0.15, 0.2) is 0 Å². The van der Waals surface area contributed by atoms with Crippen LogP contribution in [0.5, 0.6) is 0 Å². The molecule has 1 saturated heterocycles. The highest BCUT2D eigenvalue weighted by Crippen LogP contribution is 2.15. The summed E-state index contributed by atoms with van der Waals surface area (Å²) in [7, 11) is 0. The standard InChI is InChI=1S/C13H20N2O2/c1-10-4-2-7-14-12(10)13(16)15-8-6-11-5-3-9-17-11/h3,5,9-10,12,14H,2,4,6-8H2,1H3,(H,15,16). The third-order valence-electron chi connectivity index (χ3n) is 3.30. The van der Waals surface area contributed by atoms with Gasteiger partial charge in [-0.1, -0.05) is 6.92 Å². The Bertz CT molecular complexity index is 348. The molecular weight excluding hydrogens is 216 g/mol. The zero-order chi connectivity index (χ0) is 12.1. The van der Waals surface area contributed by atoms with Gasteiger partial charge in [0.2, 0.25) is 5.91 Å². The highest BCUT2D eigenvalue weighted by molar-refractivity contribution is 5.82. The molecule has 4 heteroatoms. The summed E-state index contributed by atoms with van der Waals surface area (Å²) in [4.78, 5) is 11.9. The zero-order valence-corrected chi connectivity index (χ0v) is 10.2. The molecule has 2 atom stereocenters. The van der Waals surface area contributed by atoms with Crippen molar-refractivity contribution in [2.45, 2.75) is 32.2 Å². The average Bonchev–Trinajstić information content (AvgIpc) is 2.82. The third-order valence-corrected chi connectivity index (χ3v) is 3.30. The van der Waals surface area contributed by atoms with Crippen LogP contribution in [0.25, 0.3) is 0 Å². The number of piperidine rings is 1. The summed E-state index contributed by atoms with van der Waals surface area (Å²) in [6.07, 6.45) is 4.70. The van der Waals surface area contributed by atoms with Crippen LogP contribution in [0.4, 0.5) is 0 Å². The van der Waals surface area contributed by atoms with Gasteiger partial charge in [0, 0.05) is 13.0 Å². The van der Waals surface area contributed by atoms with Crippen molar-refractivity contribution in [1.82, 2.24) is 10.6 Å². The highest BCUT2D eigenvalue weighted by atomic mass is 16.3. The van der Waals surface area contributed by atoms with Gasteiger partial charge in [-0.15, -0.1) is 0 Å². The van der Waals surface area contributed by atoms with Crippen LogP contribution in [0.2, 0.25) is 0 Å². The molecule has 2 unspecified atom stereocenters. The minimum Gasteiger partial charge on any atom is -0.469 e. The van der Waals surface area contributed by atoms with Gasteiger partial charge in [-0.3, -0.25) is 4.79 Å². The van der Waals surface area contributed by atoms with E-state index >= 15 is 0 Å². The largest absolute Gasteiger partial charge is 0.469 e. The maximum atomic E-state index is 11.9. The fourth-order valence-electron chi connectivity index (χ4n) is 2.27. The second-order valence-corrected chi connectivity index (χ2v) is 4.67. The lowest BCUT2D eigenvalue weighted by Gasteiger charge is -2.28. The van der Waals surface area contributed by atoms with Crippen molar-refractivity contribution >= 4 is 5.91 Å². The first kappa shape index (κ1) is 12.2. The molecule has 2 N–H and O–H groups in total. The van der Waals surface area contributed by atoms with Crippen LogP contribution in [0.1, 0.15) is 25.5 Å². The summed E-state index contributed by atoms with van der Waals surface area (Å²) in [6, 6.07) is 3.76. The molecule has 0 radical (unpaired) electrons. The molecular formula is C13H20N2O2. The minimum atomic E-state index is -0.0275. The second-order valence-electron chi connectivity index (χ2n) is 4.67. The molecule has 4 nitrogen and oxygen atoms in total. The molecule has 17 heavy (non-hydrogen) atoms. The Morgan fingerprint density at radius 2 is 2.53 bits per heavy atom. The number of nitrogens with one attached hydrogen (secondary N) is 2. The smallest absolute Gasteiger partial charge is 0.237 e. The molecule has 0 aliphatic carbocycles. The van der Waals surface area contributed by atoms with Crippen LogP contribution < -0.4 is 10.6 Å². The molecule has 0 spiro atoms. The lowest BCUT2D eigenvalue weighted by molar-refractivity contribution is -0.124. The quantitative estimate of drug-likeness (QED) is 0.829. The Kier molecular flexibility index (Phi) is 4.20. The topological polar surface area (TPSA) is 54.3 Å². The maximum Gasteiger partial charge on any atom is 0.237 e. The summed E-state index contributed by atoms with van der Waals surface area (Å²) in [5.74, 6) is 1.45. The first-order chi connectivity index (χ1) is 8.27. The lowest BCUT2D eigenvalue weighted by Crippen LogP contribution is -2.51.